The molecule has 4 rings (SSSR count). The lowest BCUT2D eigenvalue weighted by Crippen LogP contribution is -2.46. The Kier molecular flexibility index (Phi) is 6.94. The van der Waals surface area contributed by atoms with Gasteiger partial charge in [-0.2, -0.15) is 15.0 Å². The number of rotatable bonds is 8. The Bertz CT molecular complexity index is 1090. The normalized spacial score (nSPS) is 14.1. The second-order valence-electron chi connectivity index (χ2n) is 7.59. The average molecular weight is 452 g/mol. The smallest absolute Gasteiger partial charge is 0.232 e. The molecule has 0 atom stereocenters. The van der Waals surface area contributed by atoms with Gasteiger partial charge in [0.15, 0.2) is 0 Å². The number of aromatic nitrogens is 3. The molecular weight excluding hydrogens is 422 g/mol. The van der Waals surface area contributed by atoms with Crippen LogP contribution in [0.2, 0.25) is 0 Å². The summed E-state index contributed by atoms with van der Waals surface area (Å²) in [4.78, 5) is 17.8. The molecule has 3 aromatic rings. The van der Waals surface area contributed by atoms with E-state index in [2.05, 4.69) is 42.2 Å². The largest absolute Gasteiger partial charge is 0.497 e. The Morgan fingerprint density at radius 1 is 0.879 bits per heavy atom. The van der Waals surface area contributed by atoms with Crippen molar-refractivity contribution in [1.29, 1.82) is 0 Å². The molecule has 2 heterocycles. The van der Waals surface area contributed by atoms with Crippen LogP contribution in [0.15, 0.2) is 42.5 Å². The van der Waals surface area contributed by atoms with E-state index in [0.29, 0.717) is 35.5 Å². The second-order valence-corrected chi connectivity index (χ2v) is 7.59. The maximum absolute atomic E-state index is 5.97. The molecule has 0 unspecified atom stereocenters. The van der Waals surface area contributed by atoms with E-state index in [1.165, 1.54) is 0 Å². The van der Waals surface area contributed by atoms with Crippen molar-refractivity contribution in [2.45, 2.75) is 6.54 Å². The van der Waals surface area contributed by atoms with Crippen LogP contribution in [0.25, 0.3) is 0 Å². The maximum Gasteiger partial charge on any atom is 0.232 e. The topological polar surface area (TPSA) is 111 Å². The highest BCUT2D eigenvalue weighted by atomic mass is 16.5. The number of piperazine rings is 1. The molecule has 0 saturated carbocycles. The average Bonchev–Trinajstić information content (AvgIpc) is 2.84. The third-order valence-electron chi connectivity index (χ3n) is 5.51. The molecular formula is C23H29N7O3. The first-order valence-corrected chi connectivity index (χ1v) is 10.7. The zero-order valence-electron chi connectivity index (χ0n) is 19.1. The highest BCUT2D eigenvalue weighted by molar-refractivity contribution is 5.65. The molecule has 0 spiro atoms. The van der Waals surface area contributed by atoms with Crippen molar-refractivity contribution in [2.75, 3.05) is 63.5 Å². The van der Waals surface area contributed by atoms with E-state index in [-0.39, 0.29) is 5.95 Å². The minimum Gasteiger partial charge on any atom is -0.497 e. The number of benzene rings is 2. The van der Waals surface area contributed by atoms with E-state index in [0.717, 1.165) is 37.6 Å². The predicted octanol–water partition coefficient (Wildman–Crippen LogP) is 2.55. The molecule has 0 aliphatic carbocycles. The molecule has 0 bridgehead atoms. The molecule has 10 heteroatoms. The number of hydrogen-bond acceptors (Lipinski definition) is 10. The summed E-state index contributed by atoms with van der Waals surface area (Å²) in [6.45, 7) is 4.16. The monoisotopic (exact) mass is 451 g/mol. The van der Waals surface area contributed by atoms with Gasteiger partial charge in [0, 0.05) is 44.0 Å². The fourth-order valence-corrected chi connectivity index (χ4v) is 3.77. The molecule has 0 amide bonds. The van der Waals surface area contributed by atoms with Crippen LogP contribution >= 0.6 is 0 Å². The van der Waals surface area contributed by atoms with E-state index in [1.54, 1.807) is 21.3 Å². The number of nitrogen functional groups attached to an aromatic ring is 1. The number of anilines is 4. The SMILES string of the molecule is COc1cccc(N2CCN(Cc3nc(N)nc(Nc4cc(OC)ccc4OC)n3)CC2)c1. The van der Waals surface area contributed by atoms with E-state index in [9.17, 15) is 0 Å². The lowest BCUT2D eigenvalue weighted by Gasteiger charge is -2.35. The Labute approximate surface area is 193 Å². The third kappa shape index (κ3) is 5.53. The Morgan fingerprint density at radius 2 is 1.64 bits per heavy atom. The van der Waals surface area contributed by atoms with Crippen LogP contribution in [0.3, 0.4) is 0 Å². The first-order valence-electron chi connectivity index (χ1n) is 10.7. The number of hydrogen-bond donors (Lipinski definition) is 2. The van der Waals surface area contributed by atoms with Crippen LogP contribution < -0.4 is 30.2 Å². The molecule has 1 saturated heterocycles. The molecule has 2 aromatic carbocycles. The van der Waals surface area contributed by atoms with Crippen LogP contribution in [0.1, 0.15) is 5.82 Å². The number of ether oxygens (including phenoxy) is 3. The van der Waals surface area contributed by atoms with Gasteiger partial charge in [0.1, 0.15) is 23.1 Å². The molecule has 1 aliphatic rings. The van der Waals surface area contributed by atoms with Gasteiger partial charge in [0.05, 0.1) is 33.6 Å². The maximum atomic E-state index is 5.97. The lowest BCUT2D eigenvalue weighted by molar-refractivity contribution is 0.244. The lowest BCUT2D eigenvalue weighted by atomic mass is 10.2. The van der Waals surface area contributed by atoms with Crippen molar-refractivity contribution in [2.24, 2.45) is 0 Å². The van der Waals surface area contributed by atoms with Crippen molar-refractivity contribution >= 4 is 23.3 Å². The van der Waals surface area contributed by atoms with Gasteiger partial charge in [0.25, 0.3) is 0 Å². The van der Waals surface area contributed by atoms with Gasteiger partial charge < -0.3 is 30.2 Å². The van der Waals surface area contributed by atoms with Gasteiger partial charge in [0.2, 0.25) is 11.9 Å². The molecule has 1 fully saturated rings. The number of methoxy groups -OCH3 is 3. The summed E-state index contributed by atoms with van der Waals surface area (Å²) in [5.41, 5.74) is 7.82. The van der Waals surface area contributed by atoms with Crippen LogP contribution in [-0.2, 0) is 6.54 Å². The summed E-state index contributed by atoms with van der Waals surface area (Å²) in [6.07, 6.45) is 0. The summed E-state index contributed by atoms with van der Waals surface area (Å²) in [5.74, 6) is 3.34. The van der Waals surface area contributed by atoms with Crippen molar-refractivity contribution in [3.8, 4) is 17.2 Å². The standard InChI is InChI=1S/C23H29N7O3/c1-31-17-6-4-5-16(13-17)30-11-9-29(10-12-30)15-21-26-22(24)28-23(27-21)25-19-14-18(32-2)7-8-20(19)33-3/h4-8,13-14H,9-12,15H2,1-3H3,(H3,24,25,26,27,28). The van der Waals surface area contributed by atoms with E-state index >= 15 is 0 Å². The molecule has 0 radical (unpaired) electrons. The molecule has 1 aliphatic heterocycles. The van der Waals surface area contributed by atoms with Gasteiger partial charge in [-0.05, 0) is 24.3 Å². The van der Waals surface area contributed by atoms with Gasteiger partial charge in [-0.3, -0.25) is 4.90 Å². The highest BCUT2D eigenvalue weighted by Gasteiger charge is 2.19. The first-order chi connectivity index (χ1) is 16.1. The van der Waals surface area contributed by atoms with E-state index < -0.39 is 0 Å². The van der Waals surface area contributed by atoms with Crippen LogP contribution in [0.5, 0.6) is 17.2 Å². The van der Waals surface area contributed by atoms with Crippen LogP contribution in [0.4, 0.5) is 23.3 Å². The molecule has 174 valence electrons. The quantitative estimate of drug-likeness (QED) is 0.530. The number of nitrogens with two attached hydrogens (primary N) is 1. The van der Waals surface area contributed by atoms with Crippen LogP contribution in [0, 0.1) is 0 Å². The Hall–Kier alpha value is -3.79. The van der Waals surface area contributed by atoms with Gasteiger partial charge in [-0.25, -0.2) is 0 Å². The van der Waals surface area contributed by atoms with Crippen molar-refractivity contribution < 1.29 is 14.2 Å². The summed E-state index contributed by atoms with van der Waals surface area (Å²) >= 11 is 0. The Balaban J connectivity index is 1.42. The van der Waals surface area contributed by atoms with Gasteiger partial charge in [-0.1, -0.05) is 6.07 Å². The molecule has 3 N–H and O–H groups in total. The van der Waals surface area contributed by atoms with Gasteiger partial charge >= 0.3 is 0 Å². The minimum atomic E-state index is 0.166. The summed E-state index contributed by atoms with van der Waals surface area (Å²) in [7, 11) is 4.90. The summed E-state index contributed by atoms with van der Waals surface area (Å²) < 4.78 is 16.1. The fourth-order valence-electron chi connectivity index (χ4n) is 3.77. The Morgan fingerprint density at radius 3 is 2.36 bits per heavy atom. The summed E-state index contributed by atoms with van der Waals surface area (Å²) in [5, 5.41) is 3.17. The number of nitrogens with one attached hydrogen (secondary N) is 1. The van der Waals surface area contributed by atoms with E-state index in [1.807, 2.05) is 30.3 Å². The highest BCUT2D eigenvalue weighted by Crippen LogP contribution is 2.30. The number of nitrogens with zero attached hydrogens (tertiary/aromatic N) is 5. The van der Waals surface area contributed by atoms with Crippen molar-refractivity contribution in [1.82, 2.24) is 19.9 Å². The zero-order chi connectivity index (χ0) is 23.2. The predicted molar refractivity (Wildman–Crippen MR) is 128 cm³/mol. The van der Waals surface area contributed by atoms with Gasteiger partial charge in [-0.15, -0.1) is 0 Å². The van der Waals surface area contributed by atoms with Crippen LogP contribution in [-0.4, -0.2) is 67.4 Å². The molecule has 1 aromatic heterocycles. The van der Waals surface area contributed by atoms with Crippen molar-refractivity contribution in [3.05, 3.63) is 48.3 Å². The first kappa shape index (κ1) is 22.4. The van der Waals surface area contributed by atoms with E-state index in [4.69, 9.17) is 19.9 Å². The zero-order valence-corrected chi connectivity index (χ0v) is 19.1. The molecule has 10 nitrogen and oxygen atoms in total. The minimum absolute atomic E-state index is 0.166. The third-order valence-corrected chi connectivity index (χ3v) is 5.51. The summed E-state index contributed by atoms with van der Waals surface area (Å²) in [6, 6.07) is 13.6. The van der Waals surface area contributed by atoms with Crippen molar-refractivity contribution in [3.63, 3.8) is 0 Å². The second kappa shape index (κ2) is 10.2. The molecule has 33 heavy (non-hydrogen) atoms. The fraction of sp³-hybridized carbons (Fsp3) is 0.348.